The van der Waals surface area contributed by atoms with E-state index in [1.807, 2.05) is 6.92 Å². The summed E-state index contributed by atoms with van der Waals surface area (Å²) in [6, 6.07) is 3.02. The van der Waals surface area contributed by atoms with Gasteiger partial charge < -0.3 is 14.9 Å². The van der Waals surface area contributed by atoms with Gasteiger partial charge in [-0.1, -0.05) is 12.1 Å². The van der Waals surface area contributed by atoms with Crippen LogP contribution >= 0.6 is 0 Å². The number of amides is 1. The predicted molar refractivity (Wildman–Crippen MR) is 81.2 cm³/mol. The Bertz CT molecular complexity index is 734. The molecule has 1 atom stereocenters. The second kappa shape index (κ2) is 6.47. The van der Waals surface area contributed by atoms with Crippen LogP contribution in [0.25, 0.3) is 0 Å². The lowest BCUT2D eigenvalue weighted by Crippen LogP contribution is -2.28. The number of carbonyl (C=O) groups excluding carboxylic acids is 1. The second-order valence-electron chi connectivity index (χ2n) is 5.13. The van der Waals surface area contributed by atoms with Crippen LogP contribution in [0.1, 0.15) is 46.8 Å². The first kappa shape index (κ1) is 16.5. The number of hydrogen-bond acceptors (Lipinski definition) is 6. The SMILES string of the molecule is CC[C@@H](NC(=O)c1ccc([N+](=O)[O-])cc1O)c1c(C)noc1C. The molecule has 0 aliphatic carbocycles. The van der Waals surface area contributed by atoms with Crippen LogP contribution in [-0.2, 0) is 0 Å². The molecule has 2 aromatic rings. The van der Waals surface area contributed by atoms with E-state index >= 15 is 0 Å². The number of aryl methyl sites for hydroxylation is 2. The molecule has 8 nitrogen and oxygen atoms in total. The van der Waals surface area contributed by atoms with Gasteiger partial charge in [-0.25, -0.2) is 0 Å². The van der Waals surface area contributed by atoms with Crippen LogP contribution in [0.2, 0.25) is 0 Å². The van der Waals surface area contributed by atoms with Gasteiger partial charge in [0.2, 0.25) is 0 Å². The summed E-state index contributed by atoms with van der Waals surface area (Å²) in [5, 5.41) is 27.2. The molecule has 0 aliphatic heterocycles. The Kier molecular flexibility index (Phi) is 4.63. The van der Waals surface area contributed by atoms with E-state index < -0.39 is 16.6 Å². The first-order valence-electron chi connectivity index (χ1n) is 7.06. The molecular formula is C15H17N3O5. The molecule has 0 bridgehead atoms. The molecule has 0 spiro atoms. The minimum absolute atomic E-state index is 0.0270. The minimum atomic E-state index is -0.639. The van der Waals surface area contributed by atoms with Crippen molar-refractivity contribution in [3.05, 3.63) is 50.9 Å². The number of benzene rings is 1. The number of phenols is 1. The summed E-state index contributed by atoms with van der Waals surface area (Å²) in [7, 11) is 0. The van der Waals surface area contributed by atoms with Crippen LogP contribution in [0, 0.1) is 24.0 Å². The van der Waals surface area contributed by atoms with E-state index in [-0.39, 0.29) is 17.3 Å². The molecule has 0 unspecified atom stereocenters. The Morgan fingerprint density at radius 2 is 2.17 bits per heavy atom. The summed E-state index contributed by atoms with van der Waals surface area (Å²) in [5.74, 6) is -0.350. The van der Waals surface area contributed by atoms with Crippen molar-refractivity contribution < 1.29 is 19.3 Å². The zero-order valence-corrected chi connectivity index (χ0v) is 13.0. The summed E-state index contributed by atoms with van der Waals surface area (Å²) in [6.45, 7) is 5.43. The number of nitrogens with zero attached hydrogens (tertiary/aromatic N) is 2. The number of non-ortho nitro benzene ring substituents is 1. The molecule has 8 heteroatoms. The third kappa shape index (κ3) is 3.31. The summed E-state index contributed by atoms with van der Waals surface area (Å²) in [4.78, 5) is 22.4. The molecule has 0 saturated heterocycles. The van der Waals surface area contributed by atoms with Gasteiger partial charge in [-0.05, 0) is 26.3 Å². The lowest BCUT2D eigenvalue weighted by molar-refractivity contribution is -0.384. The largest absolute Gasteiger partial charge is 0.507 e. The predicted octanol–water partition coefficient (Wildman–Crippen LogP) is 2.79. The molecule has 0 fully saturated rings. The Labute approximate surface area is 132 Å². The van der Waals surface area contributed by atoms with Crippen molar-refractivity contribution in [1.29, 1.82) is 0 Å². The van der Waals surface area contributed by atoms with Gasteiger partial charge in [0.25, 0.3) is 11.6 Å². The zero-order chi connectivity index (χ0) is 17.1. The van der Waals surface area contributed by atoms with Gasteiger partial charge in [0.1, 0.15) is 11.5 Å². The van der Waals surface area contributed by atoms with Crippen LogP contribution < -0.4 is 5.32 Å². The Balaban J connectivity index is 2.25. The van der Waals surface area contributed by atoms with E-state index in [0.29, 0.717) is 17.9 Å². The molecule has 1 aromatic heterocycles. The van der Waals surface area contributed by atoms with Crippen LogP contribution in [0.4, 0.5) is 5.69 Å². The number of nitro benzene ring substituents is 1. The second-order valence-corrected chi connectivity index (χ2v) is 5.13. The average molecular weight is 319 g/mol. The van der Waals surface area contributed by atoms with Gasteiger partial charge in [-0.3, -0.25) is 14.9 Å². The van der Waals surface area contributed by atoms with Crippen LogP contribution in [-0.4, -0.2) is 21.1 Å². The molecule has 122 valence electrons. The van der Waals surface area contributed by atoms with Crippen LogP contribution in [0.15, 0.2) is 22.7 Å². The molecule has 23 heavy (non-hydrogen) atoms. The summed E-state index contributed by atoms with van der Waals surface area (Å²) in [5.41, 5.74) is 1.17. The molecule has 2 N–H and O–H groups in total. The van der Waals surface area contributed by atoms with Crippen molar-refractivity contribution in [1.82, 2.24) is 10.5 Å². The monoisotopic (exact) mass is 319 g/mol. The molecule has 1 amide bonds. The molecule has 0 saturated carbocycles. The van der Waals surface area contributed by atoms with Crippen molar-refractivity contribution in [2.24, 2.45) is 0 Å². The number of aromatic hydroxyl groups is 1. The van der Waals surface area contributed by atoms with E-state index in [9.17, 15) is 20.0 Å². The Hall–Kier alpha value is -2.90. The summed E-state index contributed by atoms with van der Waals surface area (Å²) < 4.78 is 5.11. The van der Waals surface area contributed by atoms with E-state index in [1.165, 1.54) is 12.1 Å². The lowest BCUT2D eigenvalue weighted by Gasteiger charge is -2.17. The highest BCUT2D eigenvalue weighted by atomic mass is 16.6. The Morgan fingerprint density at radius 3 is 2.65 bits per heavy atom. The van der Waals surface area contributed by atoms with E-state index in [0.717, 1.165) is 11.6 Å². The number of nitro groups is 1. The number of nitrogens with one attached hydrogen (secondary N) is 1. The van der Waals surface area contributed by atoms with Crippen LogP contribution in [0.5, 0.6) is 5.75 Å². The molecule has 0 radical (unpaired) electrons. The van der Waals surface area contributed by atoms with Gasteiger partial charge in [0, 0.05) is 11.6 Å². The molecular weight excluding hydrogens is 302 g/mol. The highest BCUT2D eigenvalue weighted by molar-refractivity contribution is 5.97. The summed E-state index contributed by atoms with van der Waals surface area (Å²) >= 11 is 0. The highest BCUT2D eigenvalue weighted by Crippen LogP contribution is 2.27. The fourth-order valence-corrected chi connectivity index (χ4v) is 2.43. The minimum Gasteiger partial charge on any atom is -0.507 e. The van der Waals surface area contributed by atoms with Gasteiger partial charge >= 0.3 is 0 Å². The van der Waals surface area contributed by atoms with Crippen molar-refractivity contribution in [3.63, 3.8) is 0 Å². The number of hydrogen-bond donors (Lipinski definition) is 2. The van der Waals surface area contributed by atoms with Crippen molar-refractivity contribution in [3.8, 4) is 5.75 Å². The molecule has 0 aliphatic rings. The lowest BCUT2D eigenvalue weighted by atomic mass is 10.0. The Morgan fingerprint density at radius 1 is 1.48 bits per heavy atom. The number of rotatable bonds is 5. The number of phenolic OH excluding ortho intramolecular Hbond substituents is 1. The fourth-order valence-electron chi connectivity index (χ4n) is 2.43. The fraction of sp³-hybridized carbons (Fsp3) is 0.333. The standard InChI is InChI=1S/C15H17N3O5/c1-4-12(14-8(2)17-23-9(14)3)16-15(20)11-6-5-10(18(21)22)7-13(11)19/h5-7,12,19H,4H2,1-3H3,(H,16,20)/t12-/m1/s1. The quantitative estimate of drug-likeness (QED) is 0.646. The smallest absolute Gasteiger partial charge is 0.273 e. The first-order valence-corrected chi connectivity index (χ1v) is 7.06. The number of carbonyl (C=O) groups is 1. The van der Waals surface area contributed by atoms with E-state index in [1.54, 1.807) is 13.8 Å². The van der Waals surface area contributed by atoms with E-state index in [2.05, 4.69) is 10.5 Å². The topological polar surface area (TPSA) is 118 Å². The third-order valence-electron chi connectivity index (χ3n) is 3.59. The highest BCUT2D eigenvalue weighted by Gasteiger charge is 2.23. The van der Waals surface area contributed by atoms with Gasteiger partial charge in [0.15, 0.2) is 0 Å². The normalized spacial score (nSPS) is 12.0. The molecule has 1 heterocycles. The number of aromatic nitrogens is 1. The van der Waals surface area contributed by atoms with Gasteiger partial charge in [0.05, 0.1) is 28.3 Å². The first-order chi connectivity index (χ1) is 10.8. The van der Waals surface area contributed by atoms with Gasteiger partial charge in [-0.15, -0.1) is 0 Å². The maximum absolute atomic E-state index is 12.3. The maximum atomic E-state index is 12.3. The third-order valence-corrected chi connectivity index (χ3v) is 3.59. The van der Waals surface area contributed by atoms with Crippen LogP contribution in [0.3, 0.4) is 0 Å². The van der Waals surface area contributed by atoms with Gasteiger partial charge in [-0.2, -0.15) is 0 Å². The average Bonchev–Trinajstić information content (AvgIpc) is 2.83. The molecule has 2 rings (SSSR count). The van der Waals surface area contributed by atoms with Crippen molar-refractivity contribution in [2.45, 2.75) is 33.2 Å². The van der Waals surface area contributed by atoms with Crippen molar-refractivity contribution in [2.75, 3.05) is 0 Å². The summed E-state index contributed by atoms with van der Waals surface area (Å²) in [6.07, 6.45) is 0.600. The van der Waals surface area contributed by atoms with E-state index in [4.69, 9.17) is 4.52 Å². The molecule has 1 aromatic carbocycles. The van der Waals surface area contributed by atoms with Crippen molar-refractivity contribution >= 4 is 11.6 Å². The zero-order valence-electron chi connectivity index (χ0n) is 13.0. The maximum Gasteiger partial charge on any atom is 0.273 e.